The van der Waals surface area contributed by atoms with E-state index in [-0.39, 0.29) is 66.9 Å². The summed E-state index contributed by atoms with van der Waals surface area (Å²) in [6.07, 6.45) is -0.606. The molecule has 29 heavy (non-hydrogen) atoms. The molecule has 2 aromatic heterocycles. The van der Waals surface area contributed by atoms with Crippen LogP contribution in [0.4, 0.5) is 22.0 Å². The summed E-state index contributed by atoms with van der Waals surface area (Å²) in [5, 5.41) is 2.85. The van der Waals surface area contributed by atoms with Crippen LogP contribution in [0.25, 0.3) is 5.65 Å². The van der Waals surface area contributed by atoms with Crippen molar-refractivity contribution in [3.05, 3.63) is 35.3 Å². The van der Waals surface area contributed by atoms with E-state index in [1.165, 1.54) is 22.7 Å². The minimum absolute atomic E-state index is 0.0275. The van der Waals surface area contributed by atoms with Crippen molar-refractivity contribution in [1.82, 2.24) is 14.7 Å². The SMILES string of the molecule is O=C(NC1CCC1)c1ccn2c(CC3CCC(F)(F)CC3)c(C(F)(F)F)nc2c1. The molecule has 2 aromatic rings. The highest BCUT2D eigenvalue weighted by atomic mass is 19.4. The molecule has 2 heterocycles. The standard InChI is InChI=1S/C20H22F5N3O/c21-19(22)7-4-12(5-8-19)10-15-17(20(23,24)25)27-16-11-13(6-9-28(15)16)18(29)26-14-2-1-3-14/h6,9,11-12,14H,1-5,7-8,10H2,(H,26,29). The largest absolute Gasteiger partial charge is 0.435 e. The topological polar surface area (TPSA) is 46.4 Å². The van der Waals surface area contributed by atoms with Crippen molar-refractivity contribution in [2.45, 2.75) is 69.5 Å². The van der Waals surface area contributed by atoms with E-state index in [4.69, 9.17) is 0 Å². The summed E-state index contributed by atoms with van der Waals surface area (Å²) in [5.41, 5.74) is -0.748. The molecular weight excluding hydrogens is 393 g/mol. The lowest BCUT2D eigenvalue weighted by molar-refractivity contribution is -0.141. The van der Waals surface area contributed by atoms with Gasteiger partial charge in [-0.25, -0.2) is 13.8 Å². The average molecular weight is 415 g/mol. The van der Waals surface area contributed by atoms with Crippen LogP contribution in [-0.2, 0) is 12.6 Å². The van der Waals surface area contributed by atoms with Gasteiger partial charge in [0.15, 0.2) is 5.69 Å². The van der Waals surface area contributed by atoms with Crippen molar-refractivity contribution in [2.75, 3.05) is 0 Å². The van der Waals surface area contributed by atoms with E-state index in [0.29, 0.717) is 0 Å². The maximum atomic E-state index is 13.6. The number of nitrogens with zero attached hydrogens (tertiary/aromatic N) is 2. The molecule has 4 rings (SSSR count). The molecule has 4 nitrogen and oxygen atoms in total. The fraction of sp³-hybridized carbons (Fsp3) is 0.600. The monoisotopic (exact) mass is 415 g/mol. The first-order chi connectivity index (χ1) is 13.6. The zero-order valence-electron chi connectivity index (χ0n) is 15.7. The number of alkyl halides is 5. The number of pyridine rings is 1. The number of hydrogen-bond donors (Lipinski definition) is 1. The quantitative estimate of drug-likeness (QED) is 0.714. The Labute approximate surface area is 164 Å². The third-order valence-corrected chi connectivity index (χ3v) is 6.01. The van der Waals surface area contributed by atoms with Crippen LogP contribution in [0.1, 0.15) is 66.7 Å². The predicted octanol–water partition coefficient (Wildman–Crippen LogP) is 5.00. The minimum atomic E-state index is -4.66. The molecule has 0 saturated heterocycles. The number of hydrogen-bond acceptors (Lipinski definition) is 2. The summed E-state index contributed by atoms with van der Waals surface area (Å²) in [6, 6.07) is 2.94. The van der Waals surface area contributed by atoms with Gasteiger partial charge in [0.25, 0.3) is 5.91 Å². The lowest BCUT2D eigenvalue weighted by Gasteiger charge is -2.28. The van der Waals surface area contributed by atoms with Crippen molar-refractivity contribution >= 4 is 11.6 Å². The number of aromatic nitrogens is 2. The van der Waals surface area contributed by atoms with Crippen LogP contribution in [0, 0.1) is 5.92 Å². The number of rotatable bonds is 4. The number of nitrogens with one attached hydrogen (secondary N) is 1. The highest BCUT2D eigenvalue weighted by molar-refractivity contribution is 5.95. The molecule has 1 amide bonds. The Morgan fingerprint density at radius 2 is 1.90 bits per heavy atom. The molecule has 2 fully saturated rings. The maximum Gasteiger partial charge on any atom is 0.435 e. The van der Waals surface area contributed by atoms with Crippen LogP contribution in [0.15, 0.2) is 18.3 Å². The Morgan fingerprint density at radius 3 is 2.48 bits per heavy atom. The van der Waals surface area contributed by atoms with Crippen LogP contribution in [0.5, 0.6) is 0 Å². The molecule has 1 N–H and O–H groups in total. The normalized spacial score (nSPS) is 20.6. The van der Waals surface area contributed by atoms with Crippen molar-refractivity contribution in [3.8, 4) is 0 Å². The zero-order chi connectivity index (χ0) is 20.8. The van der Waals surface area contributed by atoms with Gasteiger partial charge in [0.1, 0.15) is 5.65 Å². The summed E-state index contributed by atoms with van der Waals surface area (Å²) in [5.74, 6) is -3.31. The van der Waals surface area contributed by atoms with E-state index in [1.807, 2.05) is 0 Å². The first-order valence-corrected chi connectivity index (χ1v) is 9.89. The van der Waals surface area contributed by atoms with Gasteiger partial charge in [-0.15, -0.1) is 0 Å². The summed E-state index contributed by atoms with van der Waals surface area (Å²) >= 11 is 0. The highest BCUT2D eigenvalue weighted by Gasteiger charge is 2.40. The molecule has 0 spiro atoms. The van der Waals surface area contributed by atoms with Gasteiger partial charge in [-0.3, -0.25) is 4.79 Å². The summed E-state index contributed by atoms with van der Waals surface area (Å²) in [6.45, 7) is 0. The summed E-state index contributed by atoms with van der Waals surface area (Å²) in [7, 11) is 0. The van der Waals surface area contributed by atoms with E-state index < -0.39 is 17.8 Å². The number of carbonyl (C=O) groups excluding carboxylic acids is 1. The van der Waals surface area contributed by atoms with Gasteiger partial charge in [-0.2, -0.15) is 13.2 Å². The third kappa shape index (κ3) is 4.23. The average Bonchev–Trinajstić information content (AvgIpc) is 2.98. The van der Waals surface area contributed by atoms with Gasteiger partial charge in [0.2, 0.25) is 5.92 Å². The molecule has 0 bridgehead atoms. The molecule has 9 heteroatoms. The molecule has 0 unspecified atom stereocenters. The van der Waals surface area contributed by atoms with E-state index in [2.05, 4.69) is 10.3 Å². The summed E-state index contributed by atoms with van der Waals surface area (Å²) < 4.78 is 68.8. The van der Waals surface area contributed by atoms with Crippen molar-refractivity contribution in [3.63, 3.8) is 0 Å². The Hall–Kier alpha value is -2.19. The molecule has 2 saturated carbocycles. The number of carbonyl (C=O) groups is 1. The fourth-order valence-electron chi connectivity index (χ4n) is 4.06. The fourth-order valence-corrected chi connectivity index (χ4v) is 4.06. The molecule has 0 aliphatic heterocycles. The van der Waals surface area contributed by atoms with Crippen LogP contribution >= 0.6 is 0 Å². The number of fused-ring (bicyclic) bond motifs is 1. The van der Waals surface area contributed by atoms with Gasteiger partial charge < -0.3 is 9.72 Å². The number of imidazole rings is 1. The highest BCUT2D eigenvalue weighted by Crippen LogP contribution is 2.39. The lowest BCUT2D eigenvalue weighted by atomic mass is 9.83. The Bertz CT molecular complexity index is 907. The maximum absolute atomic E-state index is 13.6. The van der Waals surface area contributed by atoms with Crippen molar-refractivity contribution < 1.29 is 26.7 Å². The number of amides is 1. The molecule has 0 atom stereocenters. The molecule has 158 valence electrons. The van der Waals surface area contributed by atoms with E-state index in [1.54, 1.807) is 0 Å². The van der Waals surface area contributed by atoms with E-state index in [0.717, 1.165) is 19.3 Å². The molecule has 0 aromatic carbocycles. The Kier molecular flexibility index (Phi) is 5.02. The second-order valence-corrected chi connectivity index (χ2v) is 8.15. The number of halogens is 5. The van der Waals surface area contributed by atoms with E-state index >= 15 is 0 Å². The summed E-state index contributed by atoms with van der Waals surface area (Å²) in [4.78, 5) is 16.1. The van der Waals surface area contributed by atoms with Gasteiger partial charge >= 0.3 is 6.18 Å². The first kappa shape index (κ1) is 20.1. The third-order valence-electron chi connectivity index (χ3n) is 6.01. The van der Waals surface area contributed by atoms with Crippen LogP contribution < -0.4 is 5.32 Å². The van der Waals surface area contributed by atoms with Gasteiger partial charge in [0, 0.05) is 30.6 Å². The zero-order valence-corrected chi connectivity index (χ0v) is 15.7. The molecule has 2 aliphatic rings. The molecular formula is C20H22F5N3O. The second-order valence-electron chi connectivity index (χ2n) is 8.15. The lowest BCUT2D eigenvalue weighted by Crippen LogP contribution is -2.39. The minimum Gasteiger partial charge on any atom is -0.349 e. The Morgan fingerprint density at radius 1 is 1.21 bits per heavy atom. The van der Waals surface area contributed by atoms with Crippen LogP contribution in [0.3, 0.4) is 0 Å². The van der Waals surface area contributed by atoms with Crippen LogP contribution in [0.2, 0.25) is 0 Å². The predicted molar refractivity (Wildman–Crippen MR) is 95.9 cm³/mol. The van der Waals surface area contributed by atoms with Gasteiger partial charge in [0.05, 0.1) is 5.69 Å². The molecule has 2 aliphatic carbocycles. The van der Waals surface area contributed by atoms with Crippen molar-refractivity contribution in [1.29, 1.82) is 0 Å². The Balaban J connectivity index is 1.62. The van der Waals surface area contributed by atoms with Gasteiger partial charge in [-0.1, -0.05) is 0 Å². The molecule has 0 radical (unpaired) electrons. The van der Waals surface area contributed by atoms with Gasteiger partial charge in [-0.05, 0) is 56.6 Å². The van der Waals surface area contributed by atoms with Crippen molar-refractivity contribution in [2.24, 2.45) is 5.92 Å². The second kappa shape index (κ2) is 7.25. The van der Waals surface area contributed by atoms with Crippen LogP contribution in [-0.4, -0.2) is 27.3 Å². The van der Waals surface area contributed by atoms with E-state index in [9.17, 15) is 26.7 Å². The smallest absolute Gasteiger partial charge is 0.349 e. The first-order valence-electron chi connectivity index (χ1n) is 9.89.